The molecule has 23 heavy (non-hydrogen) atoms. The van der Waals surface area contributed by atoms with E-state index in [1.165, 1.54) is 0 Å². The minimum atomic E-state index is -1.30. The average Bonchev–Trinajstić information content (AvgIpc) is 2.50. The molecule has 0 fully saturated rings. The molecule has 3 unspecified atom stereocenters. The molecular formula is C17H31NO5. The van der Waals surface area contributed by atoms with Crippen LogP contribution in [0.2, 0.25) is 0 Å². The Bertz CT molecular complexity index is 372. The topological polar surface area (TPSA) is 97.7 Å². The van der Waals surface area contributed by atoms with Gasteiger partial charge in [0.15, 0.2) is 12.8 Å². The van der Waals surface area contributed by atoms with Crippen LogP contribution in [0.25, 0.3) is 0 Å². The maximum Gasteiger partial charge on any atom is 0.362 e. The van der Waals surface area contributed by atoms with E-state index in [2.05, 4.69) is 13.0 Å². The van der Waals surface area contributed by atoms with Gasteiger partial charge in [-0.15, -0.1) is 0 Å². The van der Waals surface area contributed by atoms with Gasteiger partial charge in [0, 0.05) is 19.3 Å². The SMILES string of the molecule is CCC/C=C/CCC[N+](CO)(C(CC)C(=O)[O-])C(CC)C(=O)O. The van der Waals surface area contributed by atoms with Crippen molar-refractivity contribution in [3.05, 3.63) is 12.2 Å². The summed E-state index contributed by atoms with van der Waals surface area (Å²) in [6, 6.07) is -1.98. The summed E-state index contributed by atoms with van der Waals surface area (Å²) in [4.78, 5) is 23.1. The monoisotopic (exact) mass is 329 g/mol. The van der Waals surface area contributed by atoms with Crippen molar-refractivity contribution in [2.45, 2.75) is 71.4 Å². The van der Waals surface area contributed by atoms with Crippen molar-refractivity contribution in [2.75, 3.05) is 13.3 Å². The maximum atomic E-state index is 11.6. The normalized spacial score (nSPS) is 16.9. The van der Waals surface area contributed by atoms with Gasteiger partial charge in [0.2, 0.25) is 0 Å². The molecule has 2 N–H and O–H groups in total. The Balaban J connectivity index is 5.33. The first-order valence-electron chi connectivity index (χ1n) is 8.47. The summed E-state index contributed by atoms with van der Waals surface area (Å²) >= 11 is 0. The van der Waals surface area contributed by atoms with Crippen molar-refractivity contribution in [1.29, 1.82) is 0 Å². The summed E-state index contributed by atoms with van der Waals surface area (Å²) in [7, 11) is 0. The molecule has 0 aliphatic heterocycles. The van der Waals surface area contributed by atoms with Crippen LogP contribution in [0.5, 0.6) is 0 Å². The molecule has 0 aliphatic carbocycles. The quantitative estimate of drug-likeness (QED) is 0.230. The highest BCUT2D eigenvalue weighted by Gasteiger charge is 2.46. The van der Waals surface area contributed by atoms with Crippen LogP contribution in [-0.2, 0) is 9.59 Å². The number of aliphatic carboxylic acids is 2. The minimum absolute atomic E-state index is 0.221. The van der Waals surface area contributed by atoms with E-state index in [1.54, 1.807) is 13.8 Å². The Labute approximate surface area is 139 Å². The number of aliphatic hydroxyl groups is 1. The van der Waals surface area contributed by atoms with Gasteiger partial charge in [0.1, 0.15) is 6.04 Å². The second-order valence-electron chi connectivity index (χ2n) is 5.88. The van der Waals surface area contributed by atoms with E-state index in [9.17, 15) is 24.9 Å². The molecule has 0 saturated carbocycles. The summed E-state index contributed by atoms with van der Waals surface area (Å²) in [5.74, 6) is -2.38. The lowest BCUT2D eigenvalue weighted by molar-refractivity contribution is -0.975. The first-order chi connectivity index (χ1) is 10.9. The average molecular weight is 329 g/mol. The fraction of sp³-hybridized carbons (Fsp3) is 0.765. The predicted molar refractivity (Wildman–Crippen MR) is 86.3 cm³/mol. The van der Waals surface area contributed by atoms with Crippen LogP contribution in [0.3, 0.4) is 0 Å². The number of carbonyl (C=O) groups excluding carboxylic acids is 1. The van der Waals surface area contributed by atoms with E-state index in [4.69, 9.17) is 0 Å². The molecule has 0 rings (SSSR count). The number of carboxylic acids is 2. The third-order valence-electron chi connectivity index (χ3n) is 4.40. The van der Waals surface area contributed by atoms with Crippen LogP contribution in [0.4, 0.5) is 0 Å². The number of allylic oxidation sites excluding steroid dienone is 2. The Morgan fingerprint density at radius 1 is 1.09 bits per heavy atom. The van der Waals surface area contributed by atoms with E-state index in [1.807, 2.05) is 6.08 Å². The standard InChI is InChI=1S/C17H31NO5/c1-4-7-8-9-10-11-12-18(13-19,14(5-2)16(20)21)15(6-3)17(22)23/h8-9,14-15,19H,4-7,10-13H2,1-3H3,(H-,20,21,22,23)/b9-8+. The molecule has 0 aromatic heterocycles. The third-order valence-corrected chi connectivity index (χ3v) is 4.40. The first-order valence-corrected chi connectivity index (χ1v) is 8.47. The third kappa shape index (κ3) is 5.95. The van der Waals surface area contributed by atoms with Gasteiger partial charge in [-0.25, -0.2) is 4.79 Å². The van der Waals surface area contributed by atoms with Gasteiger partial charge in [0.25, 0.3) is 0 Å². The smallest absolute Gasteiger partial charge is 0.362 e. The molecule has 0 bridgehead atoms. The lowest BCUT2D eigenvalue weighted by atomic mass is 10.0. The van der Waals surface area contributed by atoms with Gasteiger partial charge in [-0.2, -0.15) is 0 Å². The Morgan fingerprint density at radius 3 is 2.04 bits per heavy atom. The van der Waals surface area contributed by atoms with E-state index < -0.39 is 30.8 Å². The number of hydrogen-bond donors (Lipinski definition) is 2. The summed E-state index contributed by atoms with van der Waals surface area (Å²) in [5.41, 5.74) is 0. The summed E-state index contributed by atoms with van der Waals surface area (Å²) in [5, 5.41) is 30.9. The number of quaternary nitrogens is 1. The summed E-state index contributed by atoms with van der Waals surface area (Å²) in [6.07, 6.45) is 7.98. The number of hydrogen-bond acceptors (Lipinski definition) is 4. The van der Waals surface area contributed by atoms with E-state index >= 15 is 0 Å². The summed E-state index contributed by atoms with van der Waals surface area (Å²) < 4.78 is -0.369. The number of carbonyl (C=O) groups is 2. The predicted octanol–water partition coefficient (Wildman–Crippen LogP) is 1.28. The van der Waals surface area contributed by atoms with Crippen LogP contribution < -0.4 is 5.11 Å². The Kier molecular flexibility index (Phi) is 10.5. The zero-order chi connectivity index (χ0) is 17.9. The largest absolute Gasteiger partial charge is 0.544 e. The molecule has 0 aromatic carbocycles. The zero-order valence-electron chi connectivity index (χ0n) is 14.5. The first kappa shape index (κ1) is 21.6. The molecule has 6 nitrogen and oxygen atoms in total. The molecule has 0 aromatic rings. The molecule has 134 valence electrons. The summed E-state index contributed by atoms with van der Waals surface area (Å²) in [6.45, 7) is 5.24. The fourth-order valence-corrected chi connectivity index (χ4v) is 3.20. The van der Waals surface area contributed by atoms with Gasteiger partial charge in [-0.05, 0) is 12.8 Å². The number of rotatable bonds is 13. The highest BCUT2D eigenvalue weighted by molar-refractivity contribution is 5.74. The number of aliphatic hydroxyl groups excluding tert-OH is 1. The molecule has 0 radical (unpaired) electrons. The molecule has 0 spiro atoms. The van der Waals surface area contributed by atoms with Crippen LogP contribution in [0.1, 0.15) is 59.3 Å². The van der Waals surface area contributed by atoms with Crippen molar-refractivity contribution >= 4 is 11.9 Å². The highest BCUT2D eigenvalue weighted by atomic mass is 16.4. The van der Waals surface area contributed by atoms with Gasteiger partial charge in [0.05, 0.1) is 12.5 Å². The molecule has 0 aliphatic rings. The lowest BCUT2D eigenvalue weighted by Gasteiger charge is -2.47. The second-order valence-corrected chi connectivity index (χ2v) is 5.88. The van der Waals surface area contributed by atoms with Gasteiger partial charge in [-0.3, -0.25) is 4.48 Å². The number of unbranched alkanes of at least 4 members (excludes halogenated alkanes) is 2. The minimum Gasteiger partial charge on any atom is -0.544 e. The molecule has 6 heteroatoms. The van der Waals surface area contributed by atoms with Gasteiger partial charge < -0.3 is 20.1 Å². The number of carboxylic acid groups (broad SMARTS) is 2. The zero-order valence-corrected chi connectivity index (χ0v) is 14.5. The van der Waals surface area contributed by atoms with E-state index in [0.717, 1.165) is 19.3 Å². The van der Waals surface area contributed by atoms with Crippen LogP contribution in [0.15, 0.2) is 12.2 Å². The molecule has 0 saturated heterocycles. The fourth-order valence-electron chi connectivity index (χ4n) is 3.20. The Hall–Kier alpha value is -1.40. The van der Waals surface area contributed by atoms with Crippen molar-refractivity contribution in [1.82, 2.24) is 0 Å². The molecule has 0 heterocycles. The lowest BCUT2D eigenvalue weighted by Crippen LogP contribution is -2.68. The van der Waals surface area contributed by atoms with Gasteiger partial charge in [-0.1, -0.05) is 39.3 Å². The molecule has 3 atom stereocenters. The van der Waals surface area contributed by atoms with Crippen LogP contribution in [0, 0.1) is 0 Å². The second kappa shape index (κ2) is 11.2. The van der Waals surface area contributed by atoms with Crippen LogP contribution >= 0.6 is 0 Å². The van der Waals surface area contributed by atoms with Crippen molar-refractivity contribution in [3.8, 4) is 0 Å². The number of nitrogens with zero attached hydrogens (tertiary/aromatic N) is 1. The maximum absolute atomic E-state index is 11.6. The van der Waals surface area contributed by atoms with Crippen molar-refractivity contribution in [2.24, 2.45) is 0 Å². The molecular weight excluding hydrogens is 298 g/mol. The Morgan fingerprint density at radius 2 is 1.65 bits per heavy atom. The highest BCUT2D eigenvalue weighted by Crippen LogP contribution is 2.25. The van der Waals surface area contributed by atoms with Crippen LogP contribution in [-0.4, -0.2) is 52.0 Å². The van der Waals surface area contributed by atoms with Gasteiger partial charge >= 0.3 is 5.97 Å². The van der Waals surface area contributed by atoms with Crippen molar-refractivity contribution < 1.29 is 29.4 Å². The van der Waals surface area contributed by atoms with E-state index in [-0.39, 0.29) is 17.3 Å². The molecule has 0 amide bonds. The van der Waals surface area contributed by atoms with E-state index in [0.29, 0.717) is 13.0 Å². The van der Waals surface area contributed by atoms with Crippen molar-refractivity contribution in [3.63, 3.8) is 0 Å².